The lowest BCUT2D eigenvalue weighted by Crippen LogP contribution is -2.27. The largest absolute Gasteiger partial charge is 0.474 e. The molecular formula is C13H19N3O3. The van der Waals surface area contributed by atoms with Gasteiger partial charge in [-0.05, 0) is 38.3 Å². The molecule has 1 atom stereocenters. The molecule has 0 bridgehead atoms. The number of ether oxygens (including phenoxy) is 2. The van der Waals surface area contributed by atoms with Crippen LogP contribution in [0.1, 0.15) is 30.5 Å². The van der Waals surface area contributed by atoms with Crippen molar-refractivity contribution in [3.05, 3.63) is 23.4 Å². The van der Waals surface area contributed by atoms with Crippen LogP contribution >= 0.6 is 0 Å². The predicted octanol–water partition coefficient (Wildman–Crippen LogP) is 1.43. The Hall–Kier alpha value is -1.82. The molecule has 6 nitrogen and oxygen atoms in total. The minimum absolute atomic E-state index is 0.00735. The van der Waals surface area contributed by atoms with Crippen molar-refractivity contribution in [2.75, 3.05) is 13.2 Å². The highest BCUT2D eigenvalue weighted by Crippen LogP contribution is 2.18. The fourth-order valence-corrected chi connectivity index (χ4v) is 2.00. The lowest BCUT2D eigenvalue weighted by Gasteiger charge is -2.22. The van der Waals surface area contributed by atoms with Crippen LogP contribution in [-0.4, -0.2) is 35.3 Å². The SMILES string of the molecule is Cc1ccc(C(N)=NO)c(OCC2CCCCO2)n1. The zero-order valence-corrected chi connectivity index (χ0v) is 11.0. The summed E-state index contributed by atoms with van der Waals surface area (Å²) in [5, 5.41) is 11.7. The van der Waals surface area contributed by atoms with Crippen LogP contribution < -0.4 is 10.5 Å². The Kier molecular flexibility index (Phi) is 4.57. The van der Waals surface area contributed by atoms with Gasteiger partial charge >= 0.3 is 0 Å². The van der Waals surface area contributed by atoms with Crippen molar-refractivity contribution in [3.8, 4) is 5.88 Å². The van der Waals surface area contributed by atoms with E-state index in [-0.39, 0.29) is 11.9 Å². The first-order valence-corrected chi connectivity index (χ1v) is 6.40. The number of oxime groups is 1. The van der Waals surface area contributed by atoms with Crippen LogP contribution in [0.4, 0.5) is 0 Å². The van der Waals surface area contributed by atoms with Crippen LogP contribution in [0.15, 0.2) is 17.3 Å². The third-order valence-electron chi connectivity index (χ3n) is 3.06. The molecule has 1 aromatic rings. The van der Waals surface area contributed by atoms with E-state index in [4.69, 9.17) is 20.4 Å². The molecule has 19 heavy (non-hydrogen) atoms. The van der Waals surface area contributed by atoms with Gasteiger partial charge in [-0.25, -0.2) is 4.98 Å². The summed E-state index contributed by atoms with van der Waals surface area (Å²) in [5.41, 5.74) is 6.91. The van der Waals surface area contributed by atoms with E-state index in [1.54, 1.807) is 12.1 Å². The first-order valence-electron chi connectivity index (χ1n) is 6.40. The number of aromatic nitrogens is 1. The van der Waals surface area contributed by atoms with E-state index in [1.165, 1.54) is 0 Å². The predicted molar refractivity (Wildman–Crippen MR) is 70.6 cm³/mol. The van der Waals surface area contributed by atoms with Crippen LogP contribution in [0.2, 0.25) is 0 Å². The van der Waals surface area contributed by atoms with E-state index in [9.17, 15) is 0 Å². The number of rotatable bonds is 4. The Bertz CT molecular complexity index is 456. The molecule has 6 heteroatoms. The van der Waals surface area contributed by atoms with Crippen molar-refractivity contribution < 1.29 is 14.7 Å². The molecule has 0 amide bonds. The molecule has 3 N–H and O–H groups in total. The molecule has 1 aromatic heterocycles. The van der Waals surface area contributed by atoms with Crippen molar-refractivity contribution in [1.29, 1.82) is 0 Å². The second-order valence-corrected chi connectivity index (χ2v) is 4.59. The van der Waals surface area contributed by atoms with Crippen LogP contribution in [0, 0.1) is 6.92 Å². The van der Waals surface area contributed by atoms with Gasteiger partial charge in [-0.15, -0.1) is 0 Å². The van der Waals surface area contributed by atoms with E-state index in [0.29, 0.717) is 18.1 Å². The van der Waals surface area contributed by atoms with E-state index >= 15 is 0 Å². The Morgan fingerprint density at radius 2 is 2.42 bits per heavy atom. The maximum atomic E-state index is 8.75. The molecule has 1 aliphatic rings. The van der Waals surface area contributed by atoms with Gasteiger partial charge in [0, 0.05) is 12.3 Å². The highest BCUT2D eigenvalue weighted by atomic mass is 16.5. The quantitative estimate of drug-likeness (QED) is 0.372. The summed E-state index contributed by atoms with van der Waals surface area (Å²) in [6, 6.07) is 3.52. The molecule has 0 spiro atoms. The van der Waals surface area contributed by atoms with Crippen molar-refractivity contribution in [3.63, 3.8) is 0 Å². The standard InChI is InChI=1S/C13H19N3O3/c1-9-5-6-11(12(14)16-17)13(15-9)19-8-10-4-2-3-7-18-10/h5-6,10,17H,2-4,7-8H2,1H3,(H2,14,16). The maximum absolute atomic E-state index is 8.75. The molecule has 1 saturated heterocycles. The van der Waals surface area contributed by atoms with E-state index in [2.05, 4.69) is 10.1 Å². The Labute approximate surface area is 112 Å². The lowest BCUT2D eigenvalue weighted by atomic mass is 10.1. The average molecular weight is 265 g/mol. The van der Waals surface area contributed by atoms with Gasteiger partial charge in [0.1, 0.15) is 6.61 Å². The first-order chi connectivity index (χ1) is 9.20. The first kappa shape index (κ1) is 13.6. The molecule has 0 radical (unpaired) electrons. The summed E-state index contributed by atoms with van der Waals surface area (Å²) in [6.07, 6.45) is 3.35. The number of hydrogen-bond acceptors (Lipinski definition) is 5. The molecular weight excluding hydrogens is 246 g/mol. The third kappa shape index (κ3) is 3.57. The average Bonchev–Trinajstić information content (AvgIpc) is 2.45. The summed E-state index contributed by atoms with van der Waals surface area (Å²) >= 11 is 0. The molecule has 2 rings (SSSR count). The van der Waals surface area contributed by atoms with E-state index in [1.807, 2.05) is 6.92 Å². The van der Waals surface area contributed by atoms with Crippen molar-refractivity contribution >= 4 is 5.84 Å². The summed E-state index contributed by atoms with van der Waals surface area (Å²) < 4.78 is 11.3. The third-order valence-corrected chi connectivity index (χ3v) is 3.06. The van der Waals surface area contributed by atoms with Gasteiger partial charge in [0.05, 0.1) is 11.7 Å². The number of nitrogens with two attached hydrogens (primary N) is 1. The zero-order valence-electron chi connectivity index (χ0n) is 11.0. The lowest BCUT2D eigenvalue weighted by molar-refractivity contribution is -0.0120. The summed E-state index contributed by atoms with van der Waals surface area (Å²) in [5.74, 6) is 0.372. The van der Waals surface area contributed by atoms with E-state index in [0.717, 1.165) is 31.6 Å². The van der Waals surface area contributed by atoms with Crippen LogP contribution in [0.3, 0.4) is 0 Å². The van der Waals surface area contributed by atoms with Gasteiger partial charge in [0.25, 0.3) is 0 Å². The van der Waals surface area contributed by atoms with Gasteiger partial charge in [0.15, 0.2) is 5.84 Å². The van der Waals surface area contributed by atoms with Crippen LogP contribution in [0.5, 0.6) is 5.88 Å². The number of nitrogens with zero attached hydrogens (tertiary/aromatic N) is 2. The van der Waals surface area contributed by atoms with Gasteiger partial charge in [-0.1, -0.05) is 5.16 Å². The Morgan fingerprint density at radius 3 is 3.11 bits per heavy atom. The van der Waals surface area contributed by atoms with Gasteiger partial charge in [-0.2, -0.15) is 0 Å². The van der Waals surface area contributed by atoms with Gasteiger partial charge in [-0.3, -0.25) is 0 Å². The second-order valence-electron chi connectivity index (χ2n) is 4.59. The number of pyridine rings is 1. The summed E-state index contributed by atoms with van der Waals surface area (Å²) in [7, 11) is 0. The molecule has 0 aliphatic carbocycles. The molecule has 2 heterocycles. The maximum Gasteiger partial charge on any atom is 0.224 e. The van der Waals surface area contributed by atoms with Gasteiger partial charge in [0.2, 0.25) is 5.88 Å². The normalized spacial score (nSPS) is 20.3. The topological polar surface area (TPSA) is 90.0 Å². The van der Waals surface area contributed by atoms with Gasteiger partial charge < -0.3 is 20.4 Å². The molecule has 104 valence electrons. The molecule has 0 aromatic carbocycles. The Morgan fingerprint density at radius 1 is 1.58 bits per heavy atom. The van der Waals surface area contributed by atoms with Crippen molar-refractivity contribution in [2.45, 2.75) is 32.3 Å². The highest BCUT2D eigenvalue weighted by molar-refractivity contribution is 5.99. The number of aryl methyl sites for hydroxylation is 1. The van der Waals surface area contributed by atoms with E-state index < -0.39 is 0 Å². The number of hydrogen-bond donors (Lipinski definition) is 2. The minimum atomic E-state index is -0.00735. The van der Waals surface area contributed by atoms with Crippen LogP contribution in [0.25, 0.3) is 0 Å². The molecule has 1 fully saturated rings. The van der Waals surface area contributed by atoms with Crippen LogP contribution in [-0.2, 0) is 4.74 Å². The fraction of sp³-hybridized carbons (Fsp3) is 0.538. The summed E-state index contributed by atoms with van der Waals surface area (Å²) in [4.78, 5) is 4.28. The smallest absolute Gasteiger partial charge is 0.224 e. The second kappa shape index (κ2) is 6.38. The Balaban J connectivity index is 2.07. The molecule has 0 saturated carbocycles. The fourth-order valence-electron chi connectivity index (χ4n) is 2.00. The van der Waals surface area contributed by atoms with Crippen molar-refractivity contribution in [2.24, 2.45) is 10.9 Å². The summed E-state index contributed by atoms with van der Waals surface area (Å²) in [6.45, 7) is 3.07. The monoisotopic (exact) mass is 265 g/mol. The molecule has 1 unspecified atom stereocenters. The van der Waals surface area contributed by atoms with Crippen molar-refractivity contribution in [1.82, 2.24) is 4.98 Å². The minimum Gasteiger partial charge on any atom is -0.474 e. The highest BCUT2D eigenvalue weighted by Gasteiger charge is 2.17. The number of amidine groups is 1. The zero-order chi connectivity index (χ0) is 13.7. The molecule has 1 aliphatic heterocycles.